The molecule has 1 N–H and O–H groups in total. The van der Waals surface area contributed by atoms with E-state index < -0.39 is 0 Å². The summed E-state index contributed by atoms with van der Waals surface area (Å²) in [6, 6.07) is 18.9. The van der Waals surface area contributed by atoms with Gasteiger partial charge in [-0.15, -0.1) is 0 Å². The smallest absolute Gasteiger partial charge is 0.163 e. The van der Waals surface area contributed by atoms with Crippen LogP contribution in [0.4, 0.5) is 4.39 Å². The highest BCUT2D eigenvalue weighted by molar-refractivity contribution is 6.33. The summed E-state index contributed by atoms with van der Waals surface area (Å²) in [5.74, 6) is -0.506. The van der Waals surface area contributed by atoms with E-state index in [1.54, 1.807) is 35.0 Å². The number of aliphatic hydroxyl groups is 1. The molecule has 0 spiro atoms. The number of Topliss-reactive ketones (excluding diaryl/α,β-unsaturated/α-hetero) is 1. The topological polar surface area (TPSA) is 55.1 Å². The largest absolute Gasteiger partial charge is 0.396 e. The van der Waals surface area contributed by atoms with Gasteiger partial charge in [-0.1, -0.05) is 42.8 Å². The summed E-state index contributed by atoms with van der Waals surface area (Å²) >= 11 is 6.41. The zero-order valence-electron chi connectivity index (χ0n) is 16.3. The lowest BCUT2D eigenvalue weighted by molar-refractivity contribution is 0.0943. The van der Waals surface area contributed by atoms with Gasteiger partial charge >= 0.3 is 0 Å². The van der Waals surface area contributed by atoms with Crippen LogP contribution in [-0.2, 0) is 0 Å². The highest BCUT2D eigenvalue weighted by Gasteiger charge is 2.18. The number of aliphatic hydroxyl groups excluding tert-OH is 1. The van der Waals surface area contributed by atoms with E-state index in [9.17, 15) is 14.3 Å². The summed E-state index contributed by atoms with van der Waals surface area (Å²) in [6.45, 7) is 1.78. The number of hydrogen-bond donors (Lipinski definition) is 1. The molecule has 152 valence electrons. The second kappa shape index (κ2) is 8.38. The number of halogens is 2. The minimum Gasteiger partial charge on any atom is -0.396 e. The summed E-state index contributed by atoms with van der Waals surface area (Å²) < 4.78 is 15.1. The summed E-state index contributed by atoms with van der Waals surface area (Å²) in [5, 5.41) is 15.4. The highest BCUT2D eigenvalue weighted by Crippen LogP contribution is 2.34. The molecule has 4 rings (SSSR count). The molecular weight excluding hydrogens is 403 g/mol. The third-order valence-electron chi connectivity index (χ3n) is 5.05. The van der Waals surface area contributed by atoms with E-state index in [1.807, 2.05) is 31.2 Å². The van der Waals surface area contributed by atoms with E-state index in [0.717, 1.165) is 16.5 Å². The van der Waals surface area contributed by atoms with Crippen LogP contribution in [-0.4, -0.2) is 27.3 Å². The normalized spacial score (nSPS) is 12.3. The van der Waals surface area contributed by atoms with Crippen LogP contribution in [0.5, 0.6) is 0 Å². The lowest BCUT2D eigenvalue weighted by atomic mass is 9.98. The van der Waals surface area contributed by atoms with Gasteiger partial charge in [-0.2, -0.15) is 5.10 Å². The van der Waals surface area contributed by atoms with E-state index >= 15 is 0 Å². The van der Waals surface area contributed by atoms with Crippen LogP contribution >= 0.6 is 11.6 Å². The molecule has 0 saturated heterocycles. The van der Waals surface area contributed by atoms with Crippen molar-refractivity contribution >= 4 is 28.3 Å². The van der Waals surface area contributed by atoms with Crippen LogP contribution in [0.25, 0.3) is 27.8 Å². The molecular formula is C24H20ClFN2O2. The monoisotopic (exact) mass is 422 g/mol. The first-order chi connectivity index (χ1) is 14.5. The van der Waals surface area contributed by atoms with Crippen molar-refractivity contribution in [3.63, 3.8) is 0 Å². The fourth-order valence-electron chi connectivity index (χ4n) is 3.42. The minimum atomic E-state index is -0.338. The average molecular weight is 423 g/mol. The Morgan fingerprint density at radius 2 is 1.87 bits per heavy atom. The predicted molar refractivity (Wildman–Crippen MR) is 117 cm³/mol. The van der Waals surface area contributed by atoms with Crippen molar-refractivity contribution in [3.05, 3.63) is 83.1 Å². The Bertz CT molecular complexity index is 1220. The molecule has 0 aliphatic heterocycles. The fraction of sp³-hybridized carbons (Fsp3) is 0.167. The van der Waals surface area contributed by atoms with E-state index in [0.29, 0.717) is 22.0 Å². The van der Waals surface area contributed by atoms with Gasteiger partial charge in [-0.3, -0.25) is 4.79 Å². The van der Waals surface area contributed by atoms with E-state index in [1.165, 1.54) is 12.1 Å². The second-order valence-corrected chi connectivity index (χ2v) is 7.77. The standard InChI is InChI=1S/C24H20ClFN2O2/c1-15(14-29)12-23(30)16-6-11-20-22(13-16)28(18-9-7-17(26)8-10-18)27-24(20)19-4-2-3-5-21(19)25/h2-11,13,15,29H,12,14H2,1H3/t15-/m1/s1. The van der Waals surface area contributed by atoms with Crippen LogP contribution < -0.4 is 0 Å². The van der Waals surface area contributed by atoms with Crippen molar-refractivity contribution in [2.45, 2.75) is 13.3 Å². The van der Waals surface area contributed by atoms with Gasteiger partial charge in [0.1, 0.15) is 11.5 Å². The number of nitrogens with zero attached hydrogens (tertiary/aromatic N) is 2. The number of fused-ring (bicyclic) bond motifs is 1. The molecule has 6 heteroatoms. The van der Waals surface area contributed by atoms with Crippen molar-refractivity contribution < 1.29 is 14.3 Å². The fourth-order valence-corrected chi connectivity index (χ4v) is 3.64. The number of aromatic nitrogens is 2. The minimum absolute atomic E-state index is 0.0435. The van der Waals surface area contributed by atoms with E-state index in [-0.39, 0.29) is 30.5 Å². The maximum atomic E-state index is 13.5. The second-order valence-electron chi connectivity index (χ2n) is 7.36. The molecule has 3 aromatic carbocycles. The van der Waals surface area contributed by atoms with Crippen LogP contribution in [0, 0.1) is 11.7 Å². The van der Waals surface area contributed by atoms with Crippen molar-refractivity contribution in [3.8, 4) is 16.9 Å². The van der Waals surface area contributed by atoms with Gasteiger partial charge in [0, 0.05) is 29.5 Å². The molecule has 0 unspecified atom stereocenters. The molecule has 1 aromatic heterocycles. The maximum absolute atomic E-state index is 13.5. The van der Waals surface area contributed by atoms with E-state index in [4.69, 9.17) is 16.7 Å². The molecule has 30 heavy (non-hydrogen) atoms. The SMILES string of the molecule is C[C@@H](CO)CC(=O)c1ccc2c(-c3ccccc3Cl)nn(-c3ccc(F)cc3)c2c1. The number of benzene rings is 3. The summed E-state index contributed by atoms with van der Waals surface area (Å²) in [6.07, 6.45) is 0.254. The summed E-state index contributed by atoms with van der Waals surface area (Å²) in [4.78, 5) is 12.7. The first-order valence-corrected chi connectivity index (χ1v) is 10.0. The Morgan fingerprint density at radius 1 is 1.13 bits per heavy atom. The summed E-state index contributed by atoms with van der Waals surface area (Å²) in [5.41, 5.74) is 3.39. The lowest BCUT2D eigenvalue weighted by Gasteiger charge is -2.08. The molecule has 0 aliphatic rings. The zero-order chi connectivity index (χ0) is 21.3. The first kappa shape index (κ1) is 20.3. The first-order valence-electron chi connectivity index (χ1n) is 9.65. The molecule has 4 nitrogen and oxygen atoms in total. The number of ketones is 1. The predicted octanol–water partition coefficient (Wildman–Crippen LogP) is 5.69. The van der Waals surface area contributed by atoms with Gasteiger partial charge in [0.2, 0.25) is 0 Å². The number of carbonyl (C=O) groups is 1. The Balaban J connectivity index is 1.91. The van der Waals surface area contributed by atoms with Crippen molar-refractivity contribution in [2.24, 2.45) is 5.92 Å². The quantitative estimate of drug-likeness (QED) is 0.406. The Labute approximate surface area is 178 Å². The van der Waals surface area contributed by atoms with Crippen LogP contribution in [0.2, 0.25) is 5.02 Å². The van der Waals surface area contributed by atoms with Crippen LogP contribution in [0.1, 0.15) is 23.7 Å². The van der Waals surface area contributed by atoms with Crippen LogP contribution in [0.15, 0.2) is 66.7 Å². The van der Waals surface area contributed by atoms with E-state index in [2.05, 4.69) is 0 Å². The molecule has 4 aromatic rings. The van der Waals surface area contributed by atoms with Gasteiger partial charge in [0.15, 0.2) is 5.78 Å². The van der Waals surface area contributed by atoms with Crippen molar-refractivity contribution in [2.75, 3.05) is 6.61 Å². The molecule has 0 radical (unpaired) electrons. The molecule has 1 atom stereocenters. The molecule has 0 amide bonds. The average Bonchev–Trinajstić information content (AvgIpc) is 3.13. The lowest BCUT2D eigenvalue weighted by Crippen LogP contribution is -2.09. The molecule has 0 bridgehead atoms. The van der Waals surface area contributed by atoms with Gasteiger partial charge in [0.05, 0.1) is 16.2 Å². The van der Waals surface area contributed by atoms with Crippen molar-refractivity contribution in [1.29, 1.82) is 0 Å². The third kappa shape index (κ3) is 3.86. The Kier molecular flexibility index (Phi) is 5.66. The zero-order valence-corrected chi connectivity index (χ0v) is 17.1. The Hall–Kier alpha value is -3.02. The summed E-state index contributed by atoms with van der Waals surface area (Å²) in [7, 11) is 0. The highest BCUT2D eigenvalue weighted by atomic mass is 35.5. The van der Waals surface area contributed by atoms with Gasteiger partial charge in [-0.05, 0) is 48.4 Å². The number of carbonyl (C=O) groups excluding carboxylic acids is 1. The molecule has 1 heterocycles. The molecule has 0 fully saturated rings. The third-order valence-corrected chi connectivity index (χ3v) is 5.38. The maximum Gasteiger partial charge on any atom is 0.163 e. The van der Waals surface area contributed by atoms with Gasteiger partial charge < -0.3 is 5.11 Å². The number of hydrogen-bond acceptors (Lipinski definition) is 3. The Morgan fingerprint density at radius 3 is 2.57 bits per heavy atom. The molecule has 0 saturated carbocycles. The van der Waals surface area contributed by atoms with Crippen molar-refractivity contribution in [1.82, 2.24) is 9.78 Å². The van der Waals surface area contributed by atoms with Gasteiger partial charge in [-0.25, -0.2) is 9.07 Å². The number of rotatable bonds is 6. The molecule has 0 aliphatic carbocycles. The van der Waals surface area contributed by atoms with Crippen LogP contribution in [0.3, 0.4) is 0 Å². The van der Waals surface area contributed by atoms with Gasteiger partial charge in [0.25, 0.3) is 0 Å².